The number of nitrogens with one attached hydrogen (secondary N) is 1. The molecule has 0 saturated carbocycles. The largest absolute Gasteiger partial charge is 0.381 e. The van der Waals surface area contributed by atoms with Crippen LogP contribution in [0.1, 0.15) is 20.8 Å². The van der Waals surface area contributed by atoms with Crippen LogP contribution >= 0.6 is 0 Å². The Balaban J connectivity index is 4.27. The van der Waals surface area contributed by atoms with Crippen molar-refractivity contribution in [1.29, 1.82) is 0 Å². The second kappa shape index (κ2) is 4.41. The molecule has 1 atom stereocenters. The van der Waals surface area contributed by atoms with E-state index < -0.39 is 17.6 Å². The summed E-state index contributed by atoms with van der Waals surface area (Å²) < 4.78 is 0. The van der Waals surface area contributed by atoms with Gasteiger partial charge in [-0.1, -0.05) is 0 Å². The zero-order chi connectivity index (χ0) is 11.5. The molecule has 5 nitrogen and oxygen atoms in total. The Morgan fingerprint density at radius 1 is 1.36 bits per heavy atom. The second-order valence-electron chi connectivity index (χ2n) is 3.99. The summed E-state index contributed by atoms with van der Waals surface area (Å²) in [7, 11) is 3.21. The third-order valence-corrected chi connectivity index (χ3v) is 1.71. The van der Waals surface area contributed by atoms with Crippen molar-refractivity contribution in [2.75, 3.05) is 14.1 Å². The van der Waals surface area contributed by atoms with E-state index in [1.54, 1.807) is 21.0 Å². The van der Waals surface area contributed by atoms with Gasteiger partial charge < -0.3 is 15.3 Å². The molecule has 82 valence electrons. The first-order valence-electron chi connectivity index (χ1n) is 4.40. The van der Waals surface area contributed by atoms with Gasteiger partial charge in [0.05, 0.1) is 0 Å². The summed E-state index contributed by atoms with van der Waals surface area (Å²) >= 11 is 0. The van der Waals surface area contributed by atoms with Gasteiger partial charge in [-0.05, 0) is 20.8 Å². The standard InChI is InChI=1S/C9H18N2O3/c1-6(7(12)11(4)5)10-8(13)9(2,3)14/h6,14H,1-5H3,(H,10,13). The lowest BCUT2D eigenvalue weighted by molar-refractivity contribution is -0.141. The van der Waals surface area contributed by atoms with E-state index in [-0.39, 0.29) is 5.91 Å². The fourth-order valence-electron chi connectivity index (χ4n) is 0.822. The molecule has 0 bridgehead atoms. The maximum absolute atomic E-state index is 11.3. The van der Waals surface area contributed by atoms with Gasteiger partial charge in [-0.15, -0.1) is 0 Å². The lowest BCUT2D eigenvalue weighted by Gasteiger charge is -2.22. The quantitative estimate of drug-likeness (QED) is 0.639. The van der Waals surface area contributed by atoms with Crippen LogP contribution in [0.5, 0.6) is 0 Å². The minimum atomic E-state index is -1.46. The minimum Gasteiger partial charge on any atom is -0.381 e. The first kappa shape index (κ1) is 12.9. The van der Waals surface area contributed by atoms with Crippen LogP contribution in [0.4, 0.5) is 0 Å². The molecule has 0 heterocycles. The first-order valence-corrected chi connectivity index (χ1v) is 4.40. The van der Waals surface area contributed by atoms with Gasteiger partial charge in [-0.2, -0.15) is 0 Å². The highest BCUT2D eigenvalue weighted by atomic mass is 16.3. The van der Waals surface area contributed by atoms with Crippen LogP contribution < -0.4 is 5.32 Å². The van der Waals surface area contributed by atoms with Crippen LogP contribution in [0.25, 0.3) is 0 Å². The Morgan fingerprint density at radius 3 is 2.07 bits per heavy atom. The van der Waals surface area contributed by atoms with E-state index in [0.29, 0.717) is 0 Å². The summed E-state index contributed by atoms with van der Waals surface area (Å²) in [4.78, 5) is 24.0. The lowest BCUT2D eigenvalue weighted by Crippen LogP contribution is -2.50. The molecule has 0 saturated heterocycles. The third kappa shape index (κ3) is 3.74. The van der Waals surface area contributed by atoms with Gasteiger partial charge in [0.2, 0.25) is 5.91 Å². The van der Waals surface area contributed by atoms with Crippen LogP contribution in [0.15, 0.2) is 0 Å². The van der Waals surface area contributed by atoms with Crippen molar-refractivity contribution in [2.24, 2.45) is 0 Å². The summed E-state index contributed by atoms with van der Waals surface area (Å²) in [5, 5.41) is 11.7. The van der Waals surface area contributed by atoms with Gasteiger partial charge in [0.25, 0.3) is 5.91 Å². The van der Waals surface area contributed by atoms with Crippen LogP contribution in [-0.4, -0.2) is 47.6 Å². The molecule has 2 N–H and O–H groups in total. The average Bonchev–Trinajstić information content (AvgIpc) is 2.00. The van der Waals surface area contributed by atoms with Crippen LogP contribution in [0.3, 0.4) is 0 Å². The van der Waals surface area contributed by atoms with Crippen molar-refractivity contribution in [1.82, 2.24) is 10.2 Å². The number of likely N-dealkylation sites (N-methyl/N-ethyl adjacent to an activating group) is 1. The molecule has 0 aromatic carbocycles. The molecule has 0 fully saturated rings. The van der Waals surface area contributed by atoms with Crippen molar-refractivity contribution >= 4 is 11.8 Å². The molecular formula is C9H18N2O3. The van der Waals surface area contributed by atoms with Crippen LogP contribution in [0.2, 0.25) is 0 Å². The maximum Gasteiger partial charge on any atom is 0.252 e. The van der Waals surface area contributed by atoms with Gasteiger partial charge in [-0.25, -0.2) is 0 Å². The Bertz CT molecular complexity index is 231. The molecule has 1 unspecified atom stereocenters. The molecule has 0 aliphatic heterocycles. The monoisotopic (exact) mass is 202 g/mol. The van der Waals surface area contributed by atoms with Crippen molar-refractivity contribution in [3.8, 4) is 0 Å². The molecule has 0 aromatic heterocycles. The fraction of sp³-hybridized carbons (Fsp3) is 0.778. The Labute approximate surface area is 84.1 Å². The minimum absolute atomic E-state index is 0.206. The molecule has 0 rings (SSSR count). The number of rotatable bonds is 3. The van der Waals surface area contributed by atoms with E-state index in [4.69, 9.17) is 0 Å². The molecule has 2 amide bonds. The van der Waals surface area contributed by atoms with Gasteiger partial charge in [0.15, 0.2) is 0 Å². The van der Waals surface area contributed by atoms with E-state index in [9.17, 15) is 14.7 Å². The summed E-state index contributed by atoms with van der Waals surface area (Å²) in [5.41, 5.74) is -1.46. The number of aliphatic hydroxyl groups is 1. The van der Waals surface area contributed by atoms with E-state index >= 15 is 0 Å². The topological polar surface area (TPSA) is 69.6 Å². The highest BCUT2D eigenvalue weighted by molar-refractivity contribution is 5.90. The molecule has 0 aromatic rings. The van der Waals surface area contributed by atoms with E-state index in [1.165, 1.54) is 18.7 Å². The number of carbonyl (C=O) groups excluding carboxylic acids is 2. The number of hydrogen-bond acceptors (Lipinski definition) is 3. The molecule has 14 heavy (non-hydrogen) atoms. The predicted molar refractivity (Wildman–Crippen MR) is 52.6 cm³/mol. The number of hydrogen-bond donors (Lipinski definition) is 2. The SMILES string of the molecule is CC(NC(=O)C(C)(C)O)C(=O)N(C)C. The second-order valence-corrected chi connectivity index (χ2v) is 3.99. The van der Waals surface area contributed by atoms with Crippen molar-refractivity contribution < 1.29 is 14.7 Å². The van der Waals surface area contributed by atoms with Gasteiger partial charge in [0, 0.05) is 14.1 Å². The van der Waals surface area contributed by atoms with E-state index in [0.717, 1.165) is 0 Å². The Hall–Kier alpha value is -1.10. The van der Waals surface area contributed by atoms with Crippen molar-refractivity contribution in [2.45, 2.75) is 32.4 Å². The van der Waals surface area contributed by atoms with Gasteiger partial charge >= 0.3 is 0 Å². The van der Waals surface area contributed by atoms with Crippen LogP contribution in [-0.2, 0) is 9.59 Å². The molecule has 0 radical (unpaired) electrons. The normalized spacial score (nSPS) is 13.3. The third-order valence-electron chi connectivity index (χ3n) is 1.71. The van der Waals surface area contributed by atoms with Crippen molar-refractivity contribution in [3.05, 3.63) is 0 Å². The van der Waals surface area contributed by atoms with Gasteiger partial charge in [0.1, 0.15) is 11.6 Å². The molecule has 0 spiro atoms. The number of nitrogens with zero attached hydrogens (tertiary/aromatic N) is 1. The van der Waals surface area contributed by atoms with Crippen molar-refractivity contribution in [3.63, 3.8) is 0 Å². The average molecular weight is 202 g/mol. The summed E-state index contributed by atoms with van der Waals surface area (Å²) in [6, 6.07) is -0.621. The Morgan fingerprint density at radius 2 is 1.79 bits per heavy atom. The molecule has 0 aliphatic rings. The zero-order valence-electron chi connectivity index (χ0n) is 9.29. The lowest BCUT2D eigenvalue weighted by atomic mass is 10.1. The van der Waals surface area contributed by atoms with Gasteiger partial charge in [-0.3, -0.25) is 9.59 Å². The smallest absolute Gasteiger partial charge is 0.252 e. The summed E-state index contributed by atoms with van der Waals surface area (Å²) in [5.74, 6) is -0.761. The number of amides is 2. The molecule has 5 heteroatoms. The number of carbonyl (C=O) groups is 2. The summed E-state index contributed by atoms with van der Waals surface area (Å²) in [6.07, 6.45) is 0. The van der Waals surface area contributed by atoms with Crippen LogP contribution in [0, 0.1) is 0 Å². The zero-order valence-corrected chi connectivity index (χ0v) is 9.29. The fourth-order valence-corrected chi connectivity index (χ4v) is 0.822. The Kier molecular flexibility index (Phi) is 4.07. The summed E-state index contributed by atoms with van der Waals surface area (Å²) in [6.45, 7) is 4.32. The predicted octanol–water partition coefficient (Wildman–Crippen LogP) is -0.650. The first-order chi connectivity index (χ1) is 6.16. The van der Waals surface area contributed by atoms with E-state index in [1.807, 2.05) is 0 Å². The highest BCUT2D eigenvalue weighted by Gasteiger charge is 2.27. The van der Waals surface area contributed by atoms with E-state index in [2.05, 4.69) is 5.32 Å². The molecular weight excluding hydrogens is 184 g/mol. The maximum atomic E-state index is 11.3. The molecule has 0 aliphatic carbocycles. The highest BCUT2D eigenvalue weighted by Crippen LogP contribution is 2.01.